The van der Waals surface area contributed by atoms with Crippen molar-refractivity contribution >= 4 is 17.6 Å². The highest BCUT2D eigenvalue weighted by atomic mass is 19.1. The number of carboxylic acids is 1. The Morgan fingerprint density at radius 1 is 1.14 bits per heavy atom. The molecule has 2 heterocycles. The Morgan fingerprint density at radius 2 is 1.91 bits per heavy atom. The van der Waals surface area contributed by atoms with Gasteiger partial charge in [0.25, 0.3) is 11.8 Å². The largest absolute Gasteiger partial charge is 0.504 e. The normalized spacial score (nSPS) is 22.4. The summed E-state index contributed by atoms with van der Waals surface area (Å²) in [5, 5.41) is 27.7. The number of amidine groups is 2. The summed E-state index contributed by atoms with van der Waals surface area (Å²) in [5.74, 6) is -6.73. The zero-order chi connectivity index (χ0) is 30.5. The minimum absolute atomic E-state index is 0.0969. The van der Waals surface area contributed by atoms with Gasteiger partial charge in [0, 0.05) is 31.1 Å². The number of aliphatic imine (C=N–C) groups is 1. The third kappa shape index (κ3) is 5.26. The zero-order valence-corrected chi connectivity index (χ0v) is 23.1. The lowest BCUT2D eigenvalue weighted by atomic mass is 9.87. The molecule has 5 N–H and O–H groups in total. The summed E-state index contributed by atoms with van der Waals surface area (Å²) in [7, 11) is 1.90. The number of hydrogen-bond acceptors (Lipinski definition) is 9. The van der Waals surface area contributed by atoms with Crippen LogP contribution in [0.1, 0.15) is 36.8 Å². The Balaban J connectivity index is 1.40. The molecule has 2 bridgehead atoms. The van der Waals surface area contributed by atoms with Crippen LogP contribution in [0.2, 0.25) is 0 Å². The number of halogens is 2. The van der Waals surface area contributed by atoms with Gasteiger partial charge in [-0.25, -0.2) is 0 Å². The number of aromatic hydroxyl groups is 1. The molecule has 224 valence electrons. The molecule has 3 atom stereocenters. The maximum absolute atomic E-state index is 16.0. The van der Waals surface area contributed by atoms with Gasteiger partial charge in [-0.3, -0.25) is 15.2 Å². The van der Waals surface area contributed by atoms with Crippen LogP contribution in [-0.2, 0) is 4.79 Å². The van der Waals surface area contributed by atoms with Crippen molar-refractivity contribution in [1.29, 1.82) is 5.41 Å². The van der Waals surface area contributed by atoms with E-state index in [0.717, 1.165) is 17.9 Å². The molecule has 13 heteroatoms. The molecule has 0 radical (unpaired) electrons. The molecule has 3 aromatic rings. The topological polar surface area (TPSA) is 164 Å². The minimum atomic E-state index is -1.30. The van der Waals surface area contributed by atoms with Crippen molar-refractivity contribution in [2.45, 2.75) is 31.3 Å². The number of pyridine rings is 1. The molecule has 1 aromatic heterocycles. The van der Waals surface area contributed by atoms with Gasteiger partial charge in [0.2, 0.25) is 17.4 Å². The molecule has 2 fully saturated rings. The molecule has 11 nitrogen and oxygen atoms in total. The van der Waals surface area contributed by atoms with Crippen LogP contribution in [0.25, 0.3) is 0 Å². The molecule has 0 saturated heterocycles. The first-order valence-electron chi connectivity index (χ1n) is 13.7. The summed E-state index contributed by atoms with van der Waals surface area (Å²) in [4.78, 5) is 22.2. The van der Waals surface area contributed by atoms with Crippen molar-refractivity contribution < 1.29 is 38.0 Å². The number of rotatable bonds is 9. The van der Waals surface area contributed by atoms with Crippen molar-refractivity contribution in [2.75, 3.05) is 20.1 Å². The van der Waals surface area contributed by atoms with Crippen LogP contribution < -0.4 is 19.9 Å². The van der Waals surface area contributed by atoms with Crippen molar-refractivity contribution in [2.24, 2.45) is 22.6 Å². The number of phenolic OH excluding ortho intramolecular Hbond substituents is 1. The van der Waals surface area contributed by atoms with E-state index in [1.54, 1.807) is 18.2 Å². The molecule has 43 heavy (non-hydrogen) atoms. The van der Waals surface area contributed by atoms with Crippen molar-refractivity contribution in [3.63, 3.8) is 0 Å². The molecule has 6 rings (SSSR count). The first-order valence-corrected chi connectivity index (χ1v) is 13.7. The zero-order valence-electron chi connectivity index (χ0n) is 23.1. The van der Waals surface area contributed by atoms with Crippen molar-refractivity contribution in [1.82, 2.24) is 9.88 Å². The number of aromatic nitrogens is 1. The number of likely N-dealkylation sites (N-methyl/N-ethyl adjacent to an activating group) is 1. The molecule has 2 aliphatic carbocycles. The van der Waals surface area contributed by atoms with Crippen LogP contribution in [-0.4, -0.2) is 63.5 Å². The third-order valence-electron chi connectivity index (χ3n) is 8.22. The monoisotopic (exact) mass is 593 g/mol. The second-order valence-electron chi connectivity index (χ2n) is 11.1. The predicted molar refractivity (Wildman–Crippen MR) is 150 cm³/mol. The average Bonchev–Trinajstić information content (AvgIpc) is 3.70. The van der Waals surface area contributed by atoms with Crippen LogP contribution in [0, 0.1) is 28.9 Å². The van der Waals surface area contributed by atoms with Crippen LogP contribution in [0.5, 0.6) is 34.8 Å². The van der Waals surface area contributed by atoms with Gasteiger partial charge in [0.05, 0.1) is 12.5 Å². The van der Waals surface area contributed by atoms with Crippen LogP contribution in [0.3, 0.4) is 0 Å². The van der Waals surface area contributed by atoms with Gasteiger partial charge in [-0.05, 0) is 55.5 Å². The standard InChI is InChI=1S/C30H29F2N5O6/c1-37-10-9-35-26(37)16-3-2-4-18(11-16)41-27-22(31)24(43-30-8-7-17(13-30)19(14-30)29(39)40)23(32)28(36-27)42-21-12-15(25(33)34)5-6-20(21)38/h2-6,11-12,17,19,38H,7-10,13-14H2,1H3,(H3,33,34)(H,39,40). The maximum Gasteiger partial charge on any atom is 0.306 e. The second-order valence-corrected chi connectivity index (χ2v) is 11.1. The Kier molecular flexibility index (Phi) is 7.03. The smallest absolute Gasteiger partial charge is 0.306 e. The lowest BCUT2D eigenvalue weighted by molar-refractivity contribution is -0.144. The van der Waals surface area contributed by atoms with E-state index >= 15 is 8.78 Å². The quantitative estimate of drug-likeness (QED) is 0.204. The van der Waals surface area contributed by atoms with E-state index in [-0.39, 0.29) is 35.2 Å². The number of ether oxygens (including phenoxy) is 3. The number of nitrogens with one attached hydrogen (secondary N) is 1. The Bertz CT molecular complexity index is 1670. The average molecular weight is 594 g/mol. The van der Waals surface area contributed by atoms with Crippen LogP contribution in [0.4, 0.5) is 8.78 Å². The van der Waals surface area contributed by atoms with Gasteiger partial charge < -0.3 is 35.1 Å². The van der Waals surface area contributed by atoms with Gasteiger partial charge in [-0.15, -0.1) is 0 Å². The third-order valence-corrected chi connectivity index (χ3v) is 8.22. The van der Waals surface area contributed by atoms with Crippen molar-refractivity contribution in [3.05, 3.63) is 65.2 Å². The molecule has 0 amide bonds. The number of carboxylic acid groups (broad SMARTS) is 1. The molecule has 3 aliphatic rings. The second kappa shape index (κ2) is 10.7. The number of aliphatic carboxylic acids is 1. The number of phenols is 1. The summed E-state index contributed by atoms with van der Waals surface area (Å²) in [6, 6.07) is 10.5. The van der Waals surface area contributed by atoms with E-state index in [4.69, 9.17) is 25.4 Å². The highest BCUT2D eigenvalue weighted by Gasteiger charge is 2.55. The number of fused-ring (bicyclic) bond motifs is 2. The van der Waals surface area contributed by atoms with Gasteiger partial charge >= 0.3 is 5.97 Å². The lowest BCUT2D eigenvalue weighted by Gasteiger charge is -2.30. The number of carbonyl (C=O) groups is 1. The Morgan fingerprint density at radius 3 is 2.58 bits per heavy atom. The highest BCUT2D eigenvalue weighted by Crippen LogP contribution is 2.54. The van der Waals surface area contributed by atoms with E-state index in [0.29, 0.717) is 25.8 Å². The lowest BCUT2D eigenvalue weighted by Crippen LogP contribution is -2.34. The number of nitrogen functional groups attached to an aromatic ring is 1. The Labute approximate surface area is 245 Å². The van der Waals surface area contributed by atoms with E-state index in [2.05, 4.69) is 9.98 Å². The highest BCUT2D eigenvalue weighted by molar-refractivity contribution is 6.00. The molecule has 2 aromatic carbocycles. The fourth-order valence-corrected chi connectivity index (χ4v) is 6.09. The van der Waals surface area contributed by atoms with Gasteiger partial charge in [0.1, 0.15) is 23.0 Å². The fraction of sp³-hybridized carbons (Fsp3) is 0.333. The summed E-state index contributed by atoms with van der Waals surface area (Å²) in [6.45, 7) is 1.38. The molecule has 0 spiro atoms. The fourth-order valence-electron chi connectivity index (χ4n) is 6.09. The summed E-state index contributed by atoms with van der Waals surface area (Å²) in [5.41, 5.74) is 5.36. The maximum atomic E-state index is 16.0. The van der Waals surface area contributed by atoms with E-state index in [1.165, 1.54) is 18.2 Å². The van der Waals surface area contributed by atoms with Gasteiger partial charge in [-0.2, -0.15) is 13.8 Å². The number of hydrogen-bond donors (Lipinski definition) is 4. The molecule has 3 unspecified atom stereocenters. The summed E-state index contributed by atoms with van der Waals surface area (Å²) < 4.78 is 49.4. The van der Waals surface area contributed by atoms with Gasteiger partial charge in [0.15, 0.2) is 11.5 Å². The first-order chi connectivity index (χ1) is 20.5. The van der Waals surface area contributed by atoms with E-state index < -0.39 is 52.4 Å². The molecule has 1 aliphatic heterocycles. The molecular formula is C30H29F2N5O6. The SMILES string of the molecule is CN1CCN=C1c1cccc(Oc2nc(Oc3cc(C(=N)N)ccc3O)c(F)c(OC34CCC(C3)C(C(=O)O)C4)c2F)c1. The number of nitrogens with two attached hydrogens (primary N) is 1. The first kappa shape index (κ1) is 28.2. The minimum Gasteiger partial charge on any atom is -0.504 e. The Hall–Kier alpha value is -4.94. The van der Waals surface area contributed by atoms with E-state index in [9.17, 15) is 15.0 Å². The molecule has 2 saturated carbocycles. The van der Waals surface area contributed by atoms with E-state index in [1.807, 2.05) is 18.0 Å². The molecular weight excluding hydrogens is 564 g/mol. The van der Waals surface area contributed by atoms with Crippen LogP contribution in [0.15, 0.2) is 47.5 Å². The summed E-state index contributed by atoms with van der Waals surface area (Å²) in [6.07, 6.45) is 1.40. The summed E-state index contributed by atoms with van der Waals surface area (Å²) >= 11 is 0. The number of nitrogens with zero attached hydrogens (tertiary/aromatic N) is 3. The predicted octanol–water partition coefficient (Wildman–Crippen LogP) is 4.65. The van der Waals surface area contributed by atoms with Gasteiger partial charge in [-0.1, -0.05) is 12.1 Å². The van der Waals surface area contributed by atoms with Crippen molar-refractivity contribution in [3.8, 4) is 34.8 Å². The number of benzene rings is 2. The van der Waals surface area contributed by atoms with Crippen LogP contribution >= 0.6 is 0 Å².